The molecule has 0 bridgehead atoms. The first-order valence-electron chi connectivity index (χ1n) is 6.11. The maximum atomic E-state index is 10.8. The van der Waals surface area contributed by atoms with E-state index in [1.807, 2.05) is 31.1 Å². The van der Waals surface area contributed by atoms with Crippen LogP contribution in [-0.4, -0.2) is 25.2 Å². The summed E-state index contributed by atoms with van der Waals surface area (Å²) >= 11 is 0. The third-order valence-electron chi connectivity index (χ3n) is 2.99. The monoisotopic (exact) mass is 250 g/mol. The van der Waals surface area contributed by atoms with Crippen LogP contribution in [0.25, 0.3) is 0 Å². The van der Waals surface area contributed by atoms with Crippen LogP contribution >= 0.6 is 0 Å². The largest absolute Gasteiger partial charge is 0.481 e. The highest BCUT2D eigenvalue weighted by Gasteiger charge is 2.17. The number of aliphatic carboxylic acids is 1. The van der Waals surface area contributed by atoms with E-state index in [1.54, 1.807) is 0 Å². The van der Waals surface area contributed by atoms with Crippen molar-refractivity contribution in [3.05, 3.63) is 29.3 Å². The summed E-state index contributed by atoms with van der Waals surface area (Å²) in [4.78, 5) is 12.7. The number of benzene rings is 1. The van der Waals surface area contributed by atoms with Gasteiger partial charge in [-0.25, -0.2) is 0 Å². The standard InChI is InChI=1S/C14H22N2O2/c1-9(2)10-5-6-13(16(3)4)11(7-10)12(15)8-14(17)18/h5-7,9,12H,8,15H2,1-4H3,(H,17,18). The quantitative estimate of drug-likeness (QED) is 0.841. The van der Waals surface area contributed by atoms with E-state index in [4.69, 9.17) is 10.8 Å². The van der Waals surface area contributed by atoms with Crippen LogP contribution in [0.4, 0.5) is 5.69 Å². The average Bonchev–Trinajstić information content (AvgIpc) is 2.26. The van der Waals surface area contributed by atoms with E-state index in [2.05, 4.69) is 19.9 Å². The summed E-state index contributed by atoms with van der Waals surface area (Å²) in [5, 5.41) is 8.86. The molecule has 0 amide bonds. The van der Waals surface area contributed by atoms with E-state index < -0.39 is 12.0 Å². The van der Waals surface area contributed by atoms with Crippen molar-refractivity contribution >= 4 is 11.7 Å². The van der Waals surface area contributed by atoms with Crippen LogP contribution in [-0.2, 0) is 4.79 Å². The third-order valence-corrected chi connectivity index (χ3v) is 2.99. The number of hydrogen-bond acceptors (Lipinski definition) is 3. The Kier molecular flexibility index (Phi) is 4.73. The van der Waals surface area contributed by atoms with Gasteiger partial charge in [0.1, 0.15) is 0 Å². The van der Waals surface area contributed by atoms with Crippen LogP contribution in [0.5, 0.6) is 0 Å². The number of nitrogens with zero attached hydrogens (tertiary/aromatic N) is 1. The van der Waals surface area contributed by atoms with Crippen molar-refractivity contribution in [1.29, 1.82) is 0 Å². The fraction of sp³-hybridized carbons (Fsp3) is 0.500. The molecule has 1 atom stereocenters. The molecule has 0 saturated heterocycles. The van der Waals surface area contributed by atoms with Gasteiger partial charge in [0, 0.05) is 25.8 Å². The summed E-state index contributed by atoms with van der Waals surface area (Å²) < 4.78 is 0. The number of anilines is 1. The normalized spacial score (nSPS) is 12.6. The molecule has 100 valence electrons. The van der Waals surface area contributed by atoms with Crippen LogP contribution in [0.15, 0.2) is 18.2 Å². The zero-order valence-electron chi connectivity index (χ0n) is 11.5. The maximum Gasteiger partial charge on any atom is 0.305 e. The predicted octanol–water partition coefficient (Wildman–Crippen LogP) is 2.35. The van der Waals surface area contributed by atoms with Gasteiger partial charge in [0.05, 0.1) is 6.42 Å². The number of carbonyl (C=O) groups is 1. The molecule has 0 aliphatic heterocycles. The Labute approximate surface area is 108 Å². The summed E-state index contributed by atoms with van der Waals surface area (Å²) in [6.07, 6.45) is -0.0532. The summed E-state index contributed by atoms with van der Waals surface area (Å²) in [6.45, 7) is 4.22. The number of rotatable bonds is 5. The second kappa shape index (κ2) is 5.87. The van der Waals surface area contributed by atoms with E-state index >= 15 is 0 Å². The molecule has 0 aromatic heterocycles. The minimum atomic E-state index is -0.873. The van der Waals surface area contributed by atoms with Crippen molar-refractivity contribution in [2.75, 3.05) is 19.0 Å². The Hall–Kier alpha value is -1.55. The molecule has 4 nitrogen and oxygen atoms in total. The summed E-state index contributed by atoms with van der Waals surface area (Å²) in [5.41, 5.74) is 9.05. The Balaban J connectivity index is 3.18. The van der Waals surface area contributed by atoms with Crippen LogP contribution < -0.4 is 10.6 Å². The van der Waals surface area contributed by atoms with E-state index in [0.29, 0.717) is 5.92 Å². The minimum Gasteiger partial charge on any atom is -0.481 e. The molecular weight excluding hydrogens is 228 g/mol. The number of carboxylic acids is 1. The molecular formula is C14H22N2O2. The highest BCUT2D eigenvalue weighted by molar-refractivity contribution is 5.69. The zero-order valence-corrected chi connectivity index (χ0v) is 11.5. The lowest BCUT2D eigenvalue weighted by molar-refractivity contribution is -0.137. The molecule has 3 N–H and O–H groups in total. The fourth-order valence-electron chi connectivity index (χ4n) is 1.93. The molecule has 18 heavy (non-hydrogen) atoms. The van der Waals surface area contributed by atoms with Gasteiger partial charge in [-0.15, -0.1) is 0 Å². The van der Waals surface area contributed by atoms with E-state index in [9.17, 15) is 4.79 Å². The van der Waals surface area contributed by atoms with Gasteiger partial charge in [0.25, 0.3) is 0 Å². The van der Waals surface area contributed by atoms with Crippen molar-refractivity contribution < 1.29 is 9.90 Å². The van der Waals surface area contributed by atoms with Gasteiger partial charge in [0.2, 0.25) is 0 Å². The van der Waals surface area contributed by atoms with Gasteiger partial charge < -0.3 is 15.7 Å². The Morgan fingerprint density at radius 3 is 2.44 bits per heavy atom. The number of carboxylic acid groups (broad SMARTS) is 1. The van der Waals surface area contributed by atoms with E-state index in [-0.39, 0.29) is 6.42 Å². The second-order valence-corrected chi connectivity index (χ2v) is 5.07. The summed E-state index contributed by atoms with van der Waals surface area (Å²) in [6, 6.07) is 5.62. The Morgan fingerprint density at radius 2 is 2.00 bits per heavy atom. The lowest BCUT2D eigenvalue weighted by Crippen LogP contribution is -2.20. The van der Waals surface area contributed by atoms with Crippen molar-refractivity contribution in [3.63, 3.8) is 0 Å². The van der Waals surface area contributed by atoms with Gasteiger partial charge in [-0.05, 0) is 23.1 Å². The molecule has 0 saturated carbocycles. The van der Waals surface area contributed by atoms with Crippen molar-refractivity contribution in [2.24, 2.45) is 5.73 Å². The second-order valence-electron chi connectivity index (χ2n) is 5.07. The zero-order chi connectivity index (χ0) is 13.9. The lowest BCUT2D eigenvalue weighted by Gasteiger charge is -2.22. The van der Waals surface area contributed by atoms with Crippen LogP contribution in [0, 0.1) is 0 Å². The molecule has 1 aromatic rings. The summed E-state index contributed by atoms with van der Waals surface area (Å²) in [7, 11) is 3.86. The predicted molar refractivity (Wildman–Crippen MR) is 74.0 cm³/mol. The number of hydrogen-bond donors (Lipinski definition) is 2. The third kappa shape index (κ3) is 3.47. The van der Waals surface area contributed by atoms with Crippen LogP contribution in [0.1, 0.15) is 43.4 Å². The first-order chi connectivity index (χ1) is 8.32. The van der Waals surface area contributed by atoms with Crippen molar-refractivity contribution in [2.45, 2.75) is 32.2 Å². The van der Waals surface area contributed by atoms with Gasteiger partial charge in [-0.1, -0.05) is 26.0 Å². The van der Waals surface area contributed by atoms with Crippen molar-refractivity contribution in [1.82, 2.24) is 0 Å². The molecule has 0 aliphatic carbocycles. The summed E-state index contributed by atoms with van der Waals surface area (Å²) in [5.74, 6) is -0.473. The van der Waals surface area contributed by atoms with Gasteiger partial charge in [0.15, 0.2) is 0 Å². The SMILES string of the molecule is CC(C)c1ccc(N(C)C)c(C(N)CC(=O)O)c1. The van der Waals surface area contributed by atoms with Gasteiger partial charge in [-0.2, -0.15) is 0 Å². The van der Waals surface area contributed by atoms with Crippen molar-refractivity contribution in [3.8, 4) is 0 Å². The lowest BCUT2D eigenvalue weighted by atomic mass is 9.95. The van der Waals surface area contributed by atoms with Gasteiger partial charge >= 0.3 is 5.97 Å². The molecule has 0 fully saturated rings. The highest BCUT2D eigenvalue weighted by atomic mass is 16.4. The topological polar surface area (TPSA) is 66.6 Å². The smallest absolute Gasteiger partial charge is 0.305 e. The Bertz CT molecular complexity index is 428. The molecule has 1 unspecified atom stereocenters. The molecule has 0 aliphatic rings. The maximum absolute atomic E-state index is 10.8. The first-order valence-corrected chi connectivity index (χ1v) is 6.11. The highest BCUT2D eigenvalue weighted by Crippen LogP contribution is 2.29. The minimum absolute atomic E-state index is 0.0532. The van der Waals surface area contributed by atoms with E-state index in [1.165, 1.54) is 5.56 Å². The van der Waals surface area contributed by atoms with Crippen LogP contribution in [0.2, 0.25) is 0 Å². The molecule has 0 heterocycles. The molecule has 4 heteroatoms. The molecule has 1 aromatic carbocycles. The molecule has 0 radical (unpaired) electrons. The van der Waals surface area contributed by atoms with Gasteiger partial charge in [-0.3, -0.25) is 4.79 Å². The number of nitrogens with two attached hydrogens (primary N) is 1. The average molecular weight is 250 g/mol. The van der Waals surface area contributed by atoms with Crippen LogP contribution in [0.3, 0.4) is 0 Å². The fourth-order valence-corrected chi connectivity index (χ4v) is 1.93. The van der Waals surface area contributed by atoms with E-state index in [0.717, 1.165) is 11.3 Å². The molecule has 0 spiro atoms. The first kappa shape index (κ1) is 14.5. The Morgan fingerprint density at radius 1 is 1.39 bits per heavy atom. The molecule has 1 rings (SSSR count).